The molecule has 0 fully saturated rings. The molecule has 0 radical (unpaired) electrons. The molecule has 0 saturated heterocycles. The van der Waals surface area contributed by atoms with E-state index in [9.17, 15) is 5.11 Å². The predicted molar refractivity (Wildman–Crippen MR) is 87.5 cm³/mol. The zero-order valence-electron chi connectivity index (χ0n) is 12.2. The highest BCUT2D eigenvalue weighted by Crippen LogP contribution is 2.27. The Hall–Kier alpha value is -0.693. The molecule has 1 aromatic carbocycles. The number of nitrogens with zero attached hydrogens (tertiary/aromatic N) is 2. The average molecular weight is 357 g/mol. The van der Waals surface area contributed by atoms with E-state index in [4.69, 9.17) is 4.74 Å². The third-order valence-corrected chi connectivity index (χ3v) is 5.61. The molecule has 2 rings (SSSR count). The number of aromatic nitrogens is 2. The van der Waals surface area contributed by atoms with Crippen molar-refractivity contribution in [1.82, 2.24) is 9.78 Å². The summed E-state index contributed by atoms with van der Waals surface area (Å²) in [5.41, 5.74) is 1.81. The van der Waals surface area contributed by atoms with Crippen LogP contribution < -0.4 is 0 Å². The van der Waals surface area contributed by atoms with Crippen LogP contribution in [0.3, 0.4) is 0 Å². The second kappa shape index (κ2) is 6.38. The van der Waals surface area contributed by atoms with Crippen molar-refractivity contribution in [3.63, 3.8) is 0 Å². The van der Waals surface area contributed by atoms with Gasteiger partial charge in [-0.15, -0.1) is 0 Å². The maximum absolute atomic E-state index is 9.46. The van der Waals surface area contributed by atoms with E-state index >= 15 is 0 Å². The molecule has 1 heterocycles. The number of fused-ring (bicyclic) bond motifs is 1. The van der Waals surface area contributed by atoms with Crippen LogP contribution in [0.15, 0.2) is 22.8 Å². The van der Waals surface area contributed by atoms with E-state index in [0.717, 1.165) is 33.6 Å². The van der Waals surface area contributed by atoms with Gasteiger partial charge in [0.05, 0.1) is 18.3 Å². The van der Waals surface area contributed by atoms with Gasteiger partial charge in [-0.05, 0) is 12.1 Å². The molecule has 6 heteroatoms. The number of ether oxygens (including phenoxy) is 1. The number of hydrogen-bond donors (Lipinski definition) is 1. The topological polar surface area (TPSA) is 47.3 Å². The molecule has 2 aromatic rings. The van der Waals surface area contributed by atoms with E-state index in [-0.39, 0.29) is 6.61 Å². The van der Waals surface area contributed by atoms with Crippen molar-refractivity contribution in [2.75, 3.05) is 6.61 Å². The summed E-state index contributed by atoms with van der Waals surface area (Å²) in [5, 5.41) is 14.8. The van der Waals surface area contributed by atoms with Crippen LogP contribution in [0.5, 0.6) is 0 Å². The summed E-state index contributed by atoms with van der Waals surface area (Å²) >= 11 is 3.51. The van der Waals surface area contributed by atoms with E-state index in [1.54, 1.807) is 6.20 Å². The number of hydrogen-bond acceptors (Lipinski definition) is 3. The second-order valence-corrected chi connectivity index (χ2v) is 12.6. The lowest BCUT2D eigenvalue weighted by molar-refractivity contribution is 0.0814. The number of aliphatic hydroxyl groups is 1. The molecule has 1 N–H and O–H groups in total. The Morgan fingerprint density at radius 1 is 1.35 bits per heavy atom. The Labute approximate surface area is 128 Å². The van der Waals surface area contributed by atoms with Crippen molar-refractivity contribution >= 4 is 34.9 Å². The van der Waals surface area contributed by atoms with Gasteiger partial charge in [-0.3, -0.25) is 0 Å². The summed E-state index contributed by atoms with van der Waals surface area (Å²) in [4.78, 5) is 0. The van der Waals surface area contributed by atoms with Crippen molar-refractivity contribution < 1.29 is 9.84 Å². The Bertz CT molecular complexity index is 593. The molecule has 0 amide bonds. The Morgan fingerprint density at radius 2 is 2.10 bits per heavy atom. The lowest BCUT2D eigenvalue weighted by Crippen LogP contribution is -2.22. The van der Waals surface area contributed by atoms with Gasteiger partial charge in [-0.25, -0.2) is 4.68 Å². The minimum Gasteiger partial charge on any atom is -0.392 e. The van der Waals surface area contributed by atoms with Gasteiger partial charge in [-0.2, -0.15) is 5.10 Å². The van der Waals surface area contributed by atoms with Crippen molar-refractivity contribution in [3.05, 3.63) is 28.4 Å². The van der Waals surface area contributed by atoms with E-state index < -0.39 is 8.07 Å². The third-order valence-electron chi connectivity index (χ3n) is 3.21. The quantitative estimate of drug-likeness (QED) is 0.635. The van der Waals surface area contributed by atoms with Gasteiger partial charge in [0.25, 0.3) is 0 Å². The summed E-state index contributed by atoms with van der Waals surface area (Å²) < 4.78 is 8.54. The maximum atomic E-state index is 9.46. The lowest BCUT2D eigenvalue weighted by atomic mass is 10.1. The fourth-order valence-electron chi connectivity index (χ4n) is 2.00. The van der Waals surface area contributed by atoms with Crippen LogP contribution in [0.1, 0.15) is 5.56 Å². The summed E-state index contributed by atoms with van der Waals surface area (Å²) in [6, 6.07) is 4.99. The monoisotopic (exact) mass is 356 g/mol. The molecule has 4 nitrogen and oxygen atoms in total. The Balaban J connectivity index is 2.13. The normalized spacial score (nSPS) is 12.2. The number of benzene rings is 1. The molecule has 0 aliphatic heterocycles. The highest BCUT2D eigenvalue weighted by molar-refractivity contribution is 9.10. The van der Waals surface area contributed by atoms with Gasteiger partial charge < -0.3 is 9.84 Å². The molecule has 0 unspecified atom stereocenters. The largest absolute Gasteiger partial charge is 0.392 e. The number of rotatable bonds is 6. The third kappa shape index (κ3) is 3.69. The molecule has 0 bridgehead atoms. The fraction of sp³-hybridized carbons (Fsp3) is 0.500. The van der Waals surface area contributed by atoms with Gasteiger partial charge in [0, 0.05) is 30.1 Å². The fourth-order valence-corrected chi connectivity index (χ4v) is 3.18. The molecule has 0 spiro atoms. The van der Waals surface area contributed by atoms with Crippen LogP contribution in [0, 0.1) is 0 Å². The maximum Gasteiger partial charge on any atom is 0.140 e. The van der Waals surface area contributed by atoms with Crippen LogP contribution in [-0.2, 0) is 18.1 Å². The summed E-state index contributed by atoms with van der Waals surface area (Å²) in [7, 11) is -1.06. The Kier molecular flexibility index (Phi) is 5.01. The zero-order valence-corrected chi connectivity index (χ0v) is 14.8. The molecule has 0 aliphatic carbocycles. The first-order valence-corrected chi connectivity index (χ1v) is 11.2. The van der Waals surface area contributed by atoms with Crippen LogP contribution in [-0.4, -0.2) is 29.6 Å². The van der Waals surface area contributed by atoms with Crippen molar-refractivity contribution in [1.29, 1.82) is 0 Å². The van der Waals surface area contributed by atoms with Crippen LogP contribution in [0.2, 0.25) is 25.7 Å². The molecular formula is C14H21BrN2O2Si. The molecule has 110 valence electrons. The van der Waals surface area contributed by atoms with Crippen LogP contribution in [0.25, 0.3) is 10.9 Å². The minimum atomic E-state index is -1.06. The summed E-state index contributed by atoms with van der Waals surface area (Å²) in [6.45, 7) is 8.20. The highest BCUT2D eigenvalue weighted by Gasteiger charge is 2.13. The second-order valence-electron chi connectivity index (χ2n) is 6.12. The van der Waals surface area contributed by atoms with E-state index in [1.807, 2.05) is 16.8 Å². The van der Waals surface area contributed by atoms with Crippen LogP contribution >= 0.6 is 15.9 Å². The molecule has 0 atom stereocenters. The molecule has 0 saturated carbocycles. The first-order valence-electron chi connectivity index (χ1n) is 6.74. The number of halogens is 1. The lowest BCUT2D eigenvalue weighted by Gasteiger charge is -2.15. The smallest absolute Gasteiger partial charge is 0.140 e. The first-order chi connectivity index (χ1) is 9.42. The van der Waals surface area contributed by atoms with Gasteiger partial charge in [-0.1, -0.05) is 41.6 Å². The predicted octanol–water partition coefficient (Wildman–Crippen LogP) is 3.60. The van der Waals surface area contributed by atoms with Gasteiger partial charge >= 0.3 is 0 Å². The number of aliphatic hydroxyl groups excluding tert-OH is 1. The van der Waals surface area contributed by atoms with Crippen molar-refractivity contribution in [3.8, 4) is 0 Å². The Morgan fingerprint density at radius 3 is 2.75 bits per heavy atom. The summed E-state index contributed by atoms with van der Waals surface area (Å²) in [5.74, 6) is 0. The molecule has 1 aromatic heterocycles. The zero-order chi connectivity index (χ0) is 14.8. The van der Waals surface area contributed by atoms with Crippen molar-refractivity contribution in [2.24, 2.45) is 0 Å². The van der Waals surface area contributed by atoms with E-state index in [0.29, 0.717) is 6.73 Å². The molecular weight excluding hydrogens is 336 g/mol. The van der Waals surface area contributed by atoms with Gasteiger partial charge in [0.1, 0.15) is 6.73 Å². The highest BCUT2D eigenvalue weighted by atomic mass is 79.9. The molecule has 20 heavy (non-hydrogen) atoms. The SMILES string of the molecule is C[Si](C)(C)CCOCn1ncc2c(Br)ccc(CO)c21. The van der Waals surface area contributed by atoms with Gasteiger partial charge in [0.2, 0.25) is 0 Å². The van der Waals surface area contributed by atoms with Crippen molar-refractivity contribution in [2.45, 2.75) is 39.0 Å². The van der Waals surface area contributed by atoms with Crippen LogP contribution in [0.4, 0.5) is 0 Å². The van der Waals surface area contributed by atoms with Gasteiger partial charge in [0.15, 0.2) is 0 Å². The standard InChI is InChI=1S/C14H21BrN2O2Si/c1-20(2,3)7-6-19-10-17-14-11(9-18)4-5-13(15)12(14)8-16-17/h4-5,8,18H,6-7,9-10H2,1-3H3. The van der Waals surface area contributed by atoms with E-state index in [1.165, 1.54) is 0 Å². The molecule has 0 aliphatic rings. The average Bonchev–Trinajstić information content (AvgIpc) is 2.79. The summed E-state index contributed by atoms with van der Waals surface area (Å²) in [6.07, 6.45) is 1.81. The van der Waals surface area contributed by atoms with E-state index in [2.05, 4.69) is 40.7 Å². The first kappa shape index (κ1) is 15.7. The minimum absolute atomic E-state index is 0.00434.